The average molecular weight is 277 g/mol. The van der Waals surface area contributed by atoms with Crippen molar-refractivity contribution in [2.75, 3.05) is 6.54 Å². The molecule has 0 unspecified atom stereocenters. The Morgan fingerprint density at radius 1 is 1.26 bits per heavy atom. The number of nitrogens with one attached hydrogen (secondary N) is 1. The molecule has 104 valence electrons. The lowest BCUT2D eigenvalue weighted by molar-refractivity contribution is 0.657. The van der Waals surface area contributed by atoms with Crippen molar-refractivity contribution in [1.29, 1.82) is 0 Å². The summed E-state index contributed by atoms with van der Waals surface area (Å²) in [5.74, 6) is 0. The molecule has 0 saturated heterocycles. The lowest BCUT2D eigenvalue weighted by Gasteiger charge is -2.04. The Bertz CT molecular complexity index is 566. The zero-order valence-corrected chi connectivity index (χ0v) is 13.3. The molecule has 0 aliphatic rings. The summed E-state index contributed by atoms with van der Waals surface area (Å²) in [6, 6.07) is 2.31. The molecule has 0 spiro atoms. The summed E-state index contributed by atoms with van der Waals surface area (Å²) in [5, 5.41) is 8.00. The number of thiophene rings is 1. The van der Waals surface area contributed by atoms with Gasteiger partial charge >= 0.3 is 0 Å². The maximum atomic E-state index is 4.62. The van der Waals surface area contributed by atoms with Crippen LogP contribution in [0.3, 0.4) is 0 Å². The van der Waals surface area contributed by atoms with Gasteiger partial charge in [0.2, 0.25) is 0 Å². The molecule has 0 atom stereocenters. The Kier molecular flexibility index (Phi) is 4.42. The van der Waals surface area contributed by atoms with E-state index in [1.54, 1.807) is 0 Å². The molecule has 0 aliphatic heterocycles. The quantitative estimate of drug-likeness (QED) is 0.908. The highest BCUT2D eigenvalue weighted by Crippen LogP contribution is 2.23. The van der Waals surface area contributed by atoms with Crippen molar-refractivity contribution in [1.82, 2.24) is 15.1 Å². The van der Waals surface area contributed by atoms with Crippen LogP contribution in [0.2, 0.25) is 0 Å². The van der Waals surface area contributed by atoms with E-state index in [4.69, 9.17) is 0 Å². The van der Waals surface area contributed by atoms with E-state index < -0.39 is 0 Å². The molecule has 0 saturated carbocycles. The smallest absolute Gasteiger partial charge is 0.0673 e. The second-order valence-electron chi connectivity index (χ2n) is 5.03. The van der Waals surface area contributed by atoms with Crippen molar-refractivity contribution in [2.24, 2.45) is 0 Å². The Morgan fingerprint density at radius 2 is 2.00 bits per heavy atom. The minimum absolute atomic E-state index is 0.884. The van der Waals surface area contributed by atoms with Gasteiger partial charge in [0.05, 0.1) is 12.2 Å². The summed E-state index contributed by atoms with van der Waals surface area (Å²) in [4.78, 5) is 2.81. The Labute approximate surface area is 119 Å². The molecule has 1 N–H and O–H groups in total. The maximum absolute atomic E-state index is 4.62. The van der Waals surface area contributed by atoms with E-state index in [1.165, 1.54) is 26.6 Å². The normalized spacial score (nSPS) is 11.2. The van der Waals surface area contributed by atoms with Gasteiger partial charge in [0.25, 0.3) is 0 Å². The zero-order valence-electron chi connectivity index (χ0n) is 12.5. The fourth-order valence-electron chi connectivity index (χ4n) is 2.18. The van der Waals surface area contributed by atoms with Crippen LogP contribution in [0.25, 0.3) is 0 Å². The van der Waals surface area contributed by atoms with Gasteiger partial charge in [-0.3, -0.25) is 4.68 Å². The molecule has 0 aliphatic carbocycles. The molecule has 0 aromatic carbocycles. The molecule has 4 heteroatoms. The molecular formula is C15H23N3S. The van der Waals surface area contributed by atoms with Crippen LogP contribution < -0.4 is 5.32 Å². The van der Waals surface area contributed by atoms with Crippen LogP contribution in [0.5, 0.6) is 0 Å². The fourth-order valence-corrected chi connectivity index (χ4v) is 3.20. The van der Waals surface area contributed by atoms with Gasteiger partial charge in [-0.15, -0.1) is 11.3 Å². The third-order valence-corrected chi connectivity index (χ3v) is 4.78. The Hall–Kier alpha value is -1.13. The fraction of sp³-hybridized carbons (Fsp3) is 0.533. The first-order valence-electron chi connectivity index (χ1n) is 6.82. The van der Waals surface area contributed by atoms with Crippen LogP contribution in [0.4, 0.5) is 0 Å². The topological polar surface area (TPSA) is 29.9 Å². The number of hydrogen-bond acceptors (Lipinski definition) is 3. The van der Waals surface area contributed by atoms with Crippen LogP contribution in [-0.2, 0) is 13.1 Å². The van der Waals surface area contributed by atoms with Gasteiger partial charge in [0.15, 0.2) is 0 Å². The Balaban J connectivity index is 2.18. The molecule has 2 heterocycles. The summed E-state index contributed by atoms with van der Waals surface area (Å²) < 4.78 is 2.12. The second kappa shape index (κ2) is 5.88. The van der Waals surface area contributed by atoms with Crippen LogP contribution in [0.15, 0.2) is 6.07 Å². The highest BCUT2D eigenvalue weighted by atomic mass is 32.1. The van der Waals surface area contributed by atoms with E-state index in [1.807, 2.05) is 11.3 Å². The Morgan fingerprint density at radius 3 is 2.58 bits per heavy atom. The van der Waals surface area contributed by atoms with Crippen molar-refractivity contribution >= 4 is 11.3 Å². The summed E-state index contributed by atoms with van der Waals surface area (Å²) in [5.41, 5.74) is 5.11. The summed E-state index contributed by atoms with van der Waals surface area (Å²) in [6.07, 6.45) is 0. The van der Waals surface area contributed by atoms with Crippen LogP contribution >= 0.6 is 11.3 Å². The van der Waals surface area contributed by atoms with E-state index in [9.17, 15) is 0 Å². The maximum Gasteiger partial charge on any atom is 0.0673 e. The van der Waals surface area contributed by atoms with Gasteiger partial charge in [-0.1, -0.05) is 6.92 Å². The van der Waals surface area contributed by atoms with E-state index in [2.05, 4.69) is 55.8 Å². The van der Waals surface area contributed by atoms with Gasteiger partial charge < -0.3 is 5.32 Å². The molecule has 0 amide bonds. The largest absolute Gasteiger partial charge is 0.312 e. The van der Waals surface area contributed by atoms with Gasteiger partial charge in [0.1, 0.15) is 0 Å². The molecule has 2 rings (SSSR count). The average Bonchev–Trinajstić information content (AvgIpc) is 2.84. The van der Waals surface area contributed by atoms with Crippen molar-refractivity contribution in [3.63, 3.8) is 0 Å². The van der Waals surface area contributed by atoms with E-state index in [0.717, 1.165) is 25.3 Å². The van der Waals surface area contributed by atoms with Gasteiger partial charge in [-0.2, -0.15) is 5.10 Å². The minimum Gasteiger partial charge on any atom is -0.312 e. The molecule has 2 aromatic rings. The molecule has 0 fully saturated rings. The van der Waals surface area contributed by atoms with Crippen LogP contribution in [-0.4, -0.2) is 16.3 Å². The van der Waals surface area contributed by atoms with E-state index in [0.29, 0.717) is 0 Å². The van der Waals surface area contributed by atoms with Crippen LogP contribution in [0.1, 0.15) is 39.2 Å². The summed E-state index contributed by atoms with van der Waals surface area (Å²) in [6.45, 7) is 13.6. The SMILES string of the molecule is CCNCc1cc(Cn2nc(C)c(C)c2C)c(C)s1. The van der Waals surface area contributed by atoms with Crippen molar-refractivity contribution < 1.29 is 0 Å². The van der Waals surface area contributed by atoms with Crippen LogP contribution in [0, 0.1) is 27.7 Å². The third-order valence-electron chi connectivity index (χ3n) is 3.68. The summed E-state index contributed by atoms with van der Waals surface area (Å²) >= 11 is 1.89. The second-order valence-corrected chi connectivity index (χ2v) is 6.37. The lowest BCUT2D eigenvalue weighted by Crippen LogP contribution is -2.10. The summed E-state index contributed by atoms with van der Waals surface area (Å²) in [7, 11) is 0. The van der Waals surface area contributed by atoms with Crippen molar-refractivity contribution in [2.45, 2.75) is 47.7 Å². The first-order chi connectivity index (χ1) is 9.02. The first-order valence-corrected chi connectivity index (χ1v) is 7.64. The number of rotatable bonds is 5. The molecule has 2 aromatic heterocycles. The zero-order chi connectivity index (χ0) is 14.0. The monoisotopic (exact) mass is 277 g/mol. The first kappa shape index (κ1) is 14.3. The minimum atomic E-state index is 0.884. The number of aromatic nitrogens is 2. The lowest BCUT2D eigenvalue weighted by atomic mass is 10.2. The van der Waals surface area contributed by atoms with Gasteiger partial charge in [-0.05, 0) is 51.4 Å². The van der Waals surface area contributed by atoms with Crippen molar-refractivity contribution in [3.05, 3.63) is 38.3 Å². The number of nitrogens with zero attached hydrogens (tertiary/aromatic N) is 2. The highest BCUT2D eigenvalue weighted by Gasteiger charge is 2.11. The van der Waals surface area contributed by atoms with E-state index >= 15 is 0 Å². The molecule has 19 heavy (non-hydrogen) atoms. The molecule has 3 nitrogen and oxygen atoms in total. The number of aryl methyl sites for hydroxylation is 2. The van der Waals surface area contributed by atoms with E-state index in [-0.39, 0.29) is 0 Å². The molecule has 0 radical (unpaired) electrons. The van der Waals surface area contributed by atoms with Gasteiger partial charge in [-0.25, -0.2) is 0 Å². The molecule has 0 bridgehead atoms. The predicted octanol–water partition coefficient (Wildman–Crippen LogP) is 3.34. The highest BCUT2D eigenvalue weighted by molar-refractivity contribution is 7.12. The standard InChI is InChI=1S/C15H23N3S/c1-6-16-8-15-7-14(13(5)19-15)9-18-12(4)10(2)11(3)17-18/h7,16H,6,8-9H2,1-5H3. The van der Waals surface area contributed by atoms with Crippen molar-refractivity contribution in [3.8, 4) is 0 Å². The molecular weight excluding hydrogens is 254 g/mol. The van der Waals surface area contributed by atoms with Gasteiger partial charge in [0, 0.05) is 22.0 Å². The third kappa shape index (κ3) is 3.07. The number of hydrogen-bond donors (Lipinski definition) is 1. The predicted molar refractivity (Wildman–Crippen MR) is 82.0 cm³/mol.